The number of nitro groups is 1. The minimum atomic E-state index is -0.824. The summed E-state index contributed by atoms with van der Waals surface area (Å²) in [6.45, 7) is 3.39. The fraction of sp³-hybridized carbons (Fsp3) is 0.263. The molecule has 1 atom stereocenters. The van der Waals surface area contributed by atoms with E-state index < -0.39 is 11.0 Å². The van der Waals surface area contributed by atoms with E-state index in [1.54, 1.807) is 24.3 Å². The van der Waals surface area contributed by atoms with Gasteiger partial charge in [-0.05, 0) is 36.2 Å². The third-order valence-corrected chi connectivity index (χ3v) is 4.77. The third-order valence-electron chi connectivity index (χ3n) is 4.24. The fourth-order valence-corrected chi connectivity index (χ4v) is 3.12. The molecule has 1 aliphatic heterocycles. The van der Waals surface area contributed by atoms with Crippen LogP contribution in [-0.2, 0) is 9.59 Å². The van der Waals surface area contributed by atoms with Gasteiger partial charge in [-0.15, -0.1) is 0 Å². The zero-order valence-electron chi connectivity index (χ0n) is 15.2. The zero-order chi connectivity index (χ0) is 20.4. The predicted octanol–water partition coefficient (Wildman–Crippen LogP) is 3.75. The number of anilines is 2. The Morgan fingerprint density at radius 1 is 1.29 bits per heavy atom. The van der Waals surface area contributed by atoms with Crippen LogP contribution in [-0.4, -0.2) is 29.4 Å². The first-order chi connectivity index (χ1) is 13.3. The Kier molecular flexibility index (Phi) is 5.64. The average Bonchev–Trinajstić information content (AvgIpc) is 2.65. The summed E-state index contributed by atoms with van der Waals surface area (Å²) in [5, 5.41) is 13.8. The smallest absolute Gasteiger partial charge is 0.273 e. The highest BCUT2D eigenvalue weighted by molar-refractivity contribution is 9.10. The van der Waals surface area contributed by atoms with Gasteiger partial charge < -0.3 is 10.1 Å². The lowest BCUT2D eigenvalue weighted by Crippen LogP contribution is -2.50. The second-order valence-corrected chi connectivity index (χ2v) is 7.59. The summed E-state index contributed by atoms with van der Waals surface area (Å²) in [6, 6.07) is 11.0. The Balaban J connectivity index is 1.87. The van der Waals surface area contributed by atoms with Crippen LogP contribution in [0, 0.1) is 16.0 Å². The molecule has 0 aliphatic carbocycles. The molecular weight excluding hydrogens is 430 g/mol. The summed E-state index contributed by atoms with van der Waals surface area (Å²) in [5.74, 6) is -0.701. The lowest BCUT2D eigenvalue weighted by atomic mass is 10.0. The first-order valence-corrected chi connectivity index (χ1v) is 9.37. The van der Waals surface area contributed by atoms with Crippen LogP contribution in [0.5, 0.6) is 5.75 Å². The van der Waals surface area contributed by atoms with Crippen LogP contribution in [0.25, 0.3) is 0 Å². The van der Waals surface area contributed by atoms with Crippen molar-refractivity contribution >= 4 is 44.8 Å². The summed E-state index contributed by atoms with van der Waals surface area (Å²) in [5.41, 5.74) is 0.784. The van der Waals surface area contributed by atoms with Crippen molar-refractivity contribution in [3.63, 3.8) is 0 Å². The number of nitrogens with zero attached hydrogens (tertiary/aromatic N) is 2. The van der Waals surface area contributed by atoms with Crippen LogP contribution >= 0.6 is 15.9 Å². The number of benzene rings is 2. The maximum absolute atomic E-state index is 12.9. The van der Waals surface area contributed by atoms with Gasteiger partial charge >= 0.3 is 0 Å². The molecule has 0 aromatic heterocycles. The van der Waals surface area contributed by atoms with E-state index in [0.717, 1.165) is 4.47 Å². The van der Waals surface area contributed by atoms with Crippen LogP contribution in [0.3, 0.4) is 0 Å². The predicted molar refractivity (Wildman–Crippen MR) is 107 cm³/mol. The van der Waals surface area contributed by atoms with Crippen molar-refractivity contribution in [1.29, 1.82) is 0 Å². The number of amides is 2. The second-order valence-electron chi connectivity index (χ2n) is 6.67. The highest BCUT2D eigenvalue weighted by Gasteiger charge is 2.38. The number of fused-ring (bicyclic) bond motifs is 1. The Bertz CT molecular complexity index is 930. The SMILES string of the molecule is CC(C)C1Oc2cc([N+](=O)[O-])ccc2N(CC(=O)Nc2ccc(Br)cc2)C1=O. The van der Waals surface area contributed by atoms with Crippen molar-refractivity contribution in [1.82, 2.24) is 0 Å². The molecule has 1 unspecified atom stereocenters. The van der Waals surface area contributed by atoms with Gasteiger partial charge in [0.2, 0.25) is 5.91 Å². The van der Waals surface area contributed by atoms with Crippen molar-refractivity contribution in [3.8, 4) is 5.75 Å². The summed E-state index contributed by atoms with van der Waals surface area (Å²) < 4.78 is 6.59. The summed E-state index contributed by atoms with van der Waals surface area (Å²) >= 11 is 3.33. The lowest BCUT2D eigenvalue weighted by molar-refractivity contribution is -0.384. The van der Waals surface area contributed by atoms with Gasteiger partial charge in [0.1, 0.15) is 6.54 Å². The molecule has 28 heavy (non-hydrogen) atoms. The standard InChI is InChI=1S/C19H18BrN3O5/c1-11(2)18-19(25)22(10-17(24)21-13-5-3-12(20)4-6-13)15-8-7-14(23(26)27)9-16(15)28-18/h3-9,11,18H,10H2,1-2H3,(H,21,24). The molecule has 0 bridgehead atoms. The molecule has 2 aromatic rings. The molecule has 2 amide bonds. The Labute approximate surface area is 169 Å². The number of carbonyl (C=O) groups is 2. The second kappa shape index (κ2) is 7.97. The van der Waals surface area contributed by atoms with E-state index in [4.69, 9.17) is 4.74 Å². The molecule has 0 radical (unpaired) electrons. The highest BCUT2D eigenvalue weighted by atomic mass is 79.9. The van der Waals surface area contributed by atoms with E-state index in [9.17, 15) is 19.7 Å². The van der Waals surface area contributed by atoms with Gasteiger partial charge in [0.05, 0.1) is 16.7 Å². The number of rotatable bonds is 5. The van der Waals surface area contributed by atoms with Crippen molar-refractivity contribution in [2.45, 2.75) is 20.0 Å². The fourth-order valence-electron chi connectivity index (χ4n) is 2.85. The number of nitro benzene ring substituents is 1. The number of hydrogen-bond acceptors (Lipinski definition) is 5. The van der Waals surface area contributed by atoms with Crippen molar-refractivity contribution in [2.24, 2.45) is 5.92 Å². The monoisotopic (exact) mass is 447 g/mol. The van der Waals surface area contributed by atoms with Gasteiger partial charge in [-0.3, -0.25) is 24.6 Å². The Morgan fingerprint density at radius 3 is 2.57 bits per heavy atom. The molecule has 1 aliphatic rings. The van der Waals surface area contributed by atoms with Crippen molar-refractivity contribution < 1.29 is 19.2 Å². The summed E-state index contributed by atoms with van der Waals surface area (Å²) in [7, 11) is 0. The molecular formula is C19H18BrN3O5. The van der Waals surface area contributed by atoms with Crippen LogP contribution < -0.4 is 15.0 Å². The summed E-state index contributed by atoms with van der Waals surface area (Å²) in [6.07, 6.45) is -0.824. The van der Waals surface area contributed by atoms with E-state index in [1.807, 2.05) is 13.8 Å². The molecule has 0 saturated heterocycles. The summed E-state index contributed by atoms with van der Waals surface area (Å²) in [4.78, 5) is 37.2. The van der Waals surface area contributed by atoms with E-state index in [1.165, 1.54) is 23.1 Å². The third kappa shape index (κ3) is 4.14. The minimum Gasteiger partial charge on any atom is -0.478 e. The van der Waals surface area contributed by atoms with E-state index in [0.29, 0.717) is 11.4 Å². The molecule has 1 heterocycles. The number of halogens is 1. The highest BCUT2D eigenvalue weighted by Crippen LogP contribution is 2.38. The Morgan fingerprint density at radius 2 is 1.96 bits per heavy atom. The first-order valence-electron chi connectivity index (χ1n) is 8.58. The molecule has 2 aromatic carbocycles. The Hall–Kier alpha value is -2.94. The number of ether oxygens (including phenoxy) is 1. The van der Waals surface area contributed by atoms with E-state index >= 15 is 0 Å². The van der Waals surface area contributed by atoms with Crippen molar-refractivity contribution in [2.75, 3.05) is 16.8 Å². The van der Waals surface area contributed by atoms with E-state index in [-0.39, 0.29) is 35.7 Å². The van der Waals surface area contributed by atoms with Crippen LogP contribution in [0.1, 0.15) is 13.8 Å². The van der Waals surface area contributed by atoms with E-state index in [2.05, 4.69) is 21.2 Å². The number of nitrogens with one attached hydrogen (secondary N) is 1. The van der Waals surface area contributed by atoms with Gasteiger partial charge in [-0.25, -0.2) is 0 Å². The van der Waals surface area contributed by atoms with Crippen LogP contribution in [0.15, 0.2) is 46.9 Å². The maximum atomic E-state index is 12.9. The molecule has 9 heteroatoms. The maximum Gasteiger partial charge on any atom is 0.273 e. The van der Waals surface area contributed by atoms with Gasteiger partial charge in [0.15, 0.2) is 11.9 Å². The average molecular weight is 448 g/mol. The normalized spacial score (nSPS) is 15.8. The number of non-ortho nitro benzene ring substituents is 1. The topological polar surface area (TPSA) is 102 Å². The van der Waals surface area contributed by atoms with Gasteiger partial charge in [0.25, 0.3) is 11.6 Å². The first kappa shape index (κ1) is 19.8. The molecule has 8 nitrogen and oxygen atoms in total. The van der Waals surface area contributed by atoms with Crippen LogP contribution in [0.2, 0.25) is 0 Å². The zero-order valence-corrected chi connectivity index (χ0v) is 16.8. The molecule has 0 saturated carbocycles. The largest absolute Gasteiger partial charge is 0.478 e. The van der Waals surface area contributed by atoms with Gasteiger partial charge in [-0.2, -0.15) is 0 Å². The molecule has 0 fully saturated rings. The number of hydrogen-bond donors (Lipinski definition) is 1. The molecule has 0 spiro atoms. The van der Waals surface area contributed by atoms with Crippen molar-refractivity contribution in [3.05, 3.63) is 57.1 Å². The minimum absolute atomic E-state index is 0.144. The number of carbonyl (C=O) groups excluding carboxylic acids is 2. The van der Waals surface area contributed by atoms with Gasteiger partial charge in [0, 0.05) is 16.2 Å². The van der Waals surface area contributed by atoms with Crippen LogP contribution in [0.4, 0.5) is 17.1 Å². The molecule has 3 rings (SSSR count). The quantitative estimate of drug-likeness (QED) is 0.555. The molecule has 146 valence electrons. The van der Waals surface area contributed by atoms with Gasteiger partial charge in [-0.1, -0.05) is 29.8 Å². The molecule has 1 N–H and O–H groups in total. The lowest BCUT2D eigenvalue weighted by Gasteiger charge is -2.35.